The van der Waals surface area contributed by atoms with Crippen LogP contribution in [0.4, 0.5) is 8.78 Å². The molecule has 0 spiro atoms. The summed E-state index contributed by atoms with van der Waals surface area (Å²) in [5, 5.41) is 3.29. The molecule has 1 saturated heterocycles. The molecular weight excluding hydrogens is 242 g/mol. The van der Waals surface area contributed by atoms with Crippen molar-refractivity contribution in [2.24, 2.45) is 0 Å². The van der Waals surface area contributed by atoms with Gasteiger partial charge in [-0.2, -0.15) is 0 Å². The number of piperazine rings is 1. The van der Waals surface area contributed by atoms with E-state index in [2.05, 4.69) is 19.7 Å². The summed E-state index contributed by atoms with van der Waals surface area (Å²) in [5.41, 5.74) is 0.949. The van der Waals surface area contributed by atoms with Crippen molar-refractivity contribution in [1.29, 1.82) is 0 Å². The first-order valence-corrected chi connectivity index (χ1v) is 5.86. The van der Waals surface area contributed by atoms with Gasteiger partial charge < -0.3 is 14.8 Å². The number of rotatable bonds is 1. The number of hydrogen-bond acceptors (Lipinski definition) is 4. The van der Waals surface area contributed by atoms with Crippen molar-refractivity contribution < 1.29 is 18.3 Å². The zero-order chi connectivity index (χ0) is 12.8. The highest BCUT2D eigenvalue weighted by molar-refractivity contribution is 5.46. The van der Waals surface area contributed by atoms with E-state index >= 15 is 0 Å². The van der Waals surface area contributed by atoms with Crippen molar-refractivity contribution in [3.63, 3.8) is 0 Å². The maximum atomic E-state index is 12.9. The topological polar surface area (TPSA) is 33.7 Å². The fourth-order valence-electron chi connectivity index (χ4n) is 2.35. The Labute approximate surface area is 103 Å². The minimum absolute atomic E-state index is 0.0928. The van der Waals surface area contributed by atoms with Crippen molar-refractivity contribution in [2.75, 3.05) is 26.7 Å². The second kappa shape index (κ2) is 4.07. The zero-order valence-electron chi connectivity index (χ0n) is 9.95. The minimum Gasteiger partial charge on any atom is -0.395 e. The van der Waals surface area contributed by atoms with Crippen LogP contribution in [-0.2, 0) is 0 Å². The highest BCUT2D eigenvalue weighted by Crippen LogP contribution is 2.42. The van der Waals surface area contributed by atoms with Gasteiger partial charge in [-0.1, -0.05) is 6.07 Å². The monoisotopic (exact) mass is 256 g/mol. The first kappa shape index (κ1) is 11.7. The van der Waals surface area contributed by atoms with Crippen molar-refractivity contribution >= 4 is 0 Å². The fraction of sp³-hybridized carbons (Fsp3) is 0.500. The van der Waals surface area contributed by atoms with E-state index in [0.29, 0.717) is 0 Å². The molecule has 3 rings (SSSR count). The Bertz CT molecular complexity index is 467. The lowest BCUT2D eigenvalue weighted by molar-refractivity contribution is -0.286. The van der Waals surface area contributed by atoms with E-state index in [9.17, 15) is 8.78 Å². The minimum atomic E-state index is -3.54. The Morgan fingerprint density at radius 3 is 2.89 bits per heavy atom. The molecule has 1 aromatic carbocycles. The van der Waals surface area contributed by atoms with E-state index in [1.807, 2.05) is 7.05 Å². The molecule has 4 nitrogen and oxygen atoms in total. The first-order valence-electron chi connectivity index (χ1n) is 5.86. The van der Waals surface area contributed by atoms with Gasteiger partial charge in [0.25, 0.3) is 0 Å². The second-order valence-corrected chi connectivity index (χ2v) is 4.57. The Hall–Kier alpha value is -1.40. The lowest BCUT2D eigenvalue weighted by Gasteiger charge is -2.33. The Morgan fingerprint density at radius 2 is 2.11 bits per heavy atom. The van der Waals surface area contributed by atoms with E-state index < -0.39 is 6.29 Å². The SMILES string of the molecule is CN1CCNCC1c1ccc2c(c1)OC(F)(F)O2. The molecule has 1 N–H and O–H groups in total. The van der Waals surface area contributed by atoms with Crippen LogP contribution in [-0.4, -0.2) is 37.9 Å². The number of halogens is 2. The molecule has 2 heterocycles. The quantitative estimate of drug-likeness (QED) is 0.827. The third-order valence-corrected chi connectivity index (χ3v) is 3.32. The summed E-state index contributed by atoms with van der Waals surface area (Å²) < 4.78 is 34.7. The number of ether oxygens (including phenoxy) is 2. The molecule has 0 amide bonds. The number of likely N-dealkylation sites (N-methyl/N-ethyl adjacent to an activating group) is 1. The van der Waals surface area contributed by atoms with Gasteiger partial charge in [0.1, 0.15) is 0 Å². The normalized spacial score (nSPS) is 26.3. The summed E-state index contributed by atoms with van der Waals surface area (Å²) in [6.07, 6.45) is -3.54. The van der Waals surface area contributed by atoms with E-state index in [0.717, 1.165) is 25.2 Å². The van der Waals surface area contributed by atoms with Crippen molar-refractivity contribution in [2.45, 2.75) is 12.3 Å². The molecule has 0 radical (unpaired) electrons. The van der Waals surface area contributed by atoms with Crippen LogP contribution in [0.25, 0.3) is 0 Å². The molecule has 1 unspecified atom stereocenters. The molecule has 2 aliphatic rings. The Morgan fingerprint density at radius 1 is 1.33 bits per heavy atom. The largest absolute Gasteiger partial charge is 0.586 e. The van der Waals surface area contributed by atoms with Gasteiger partial charge >= 0.3 is 6.29 Å². The lowest BCUT2D eigenvalue weighted by Crippen LogP contribution is -2.43. The summed E-state index contributed by atoms with van der Waals surface area (Å²) in [7, 11) is 2.02. The number of nitrogens with zero attached hydrogens (tertiary/aromatic N) is 1. The van der Waals surface area contributed by atoms with E-state index in [4.69, 9.17) is 0 Å². The van der Waals surface area contributed by atoms with Crippen LogP contribution in [0.5, 0.6) is 11.5 Å². The second-order valence-electron chi connectivity index (χ2n) is 4.57. The Kier molecular flexibility index (Phi) is 2.64. The maximum Gasteiger partial charge on any atom is 0.586 e. The van der Waals surface area contributed by atoms with Gasteiger partial charge in [-0.3, -0.25) is 4.90 Å². The number of alkyl halides is 2. The molecule has 1 aromatic rings. The highest BCUT2D eigenvalue weighted by Gasteiger charge is 2.43. The van der Waals surface area contributed by atoms with E-state index in [1.54, 1.807) is 12.1 Å². The van der Waals surface area contributed by atoms with Gasteiger partial charge in [0.05, 0.1) is 0 Å². The van der Waals surface area contributed by atoms with Gasteiger partial charge in [-0.15, -0.1) is 8.78 Å². The summed E-state index contributed by atoms with van der Waals surface area (Å²) in [6.45, 7) is 2.66. The average Bonchev–Trinajstić information content (AvgIpc) is 2.62. The van der Waals surface area contributed by atoms with E-state index in [-0.39, 0.29) is 17.5 Å². The van der Waals surface area contributed by atoms with Crippen molar-refractivity contribution in [1.82, 2.24) is 10.2 Å². The number of benzene rings is 1. The van der Waals surface area contributed by atoms with Crippen LogP contribution in [0.2, 0.25) is 0 Å². The lowest BCUT2D eigenvalue weighted by atomic mass is 10.0. The number of hydrogen-bond donors (Lipinski definition) is 1. The fourth-order valence-corrected chi connectivity index (χ4v) is 2.35. The zero-order valence-corrected chi connectivity index (χ0v) is 9.95. The third-order valence-electron chi connectivity index (χ3n) is 3.32. The molecular formula is C12H14F2N2O2. The standard InChI is InChI=1S/C12H14F2N2O2/c1-16-5-4-15-7-9(16)8-2-3-10-11(6-8)18-12(13,14)17-10/h2-3,6,9,15H,4-5,7H2,1H3. The molecule has 1 atom stereocenters. The summed E-state index contributed by atoms with van der Waals surface area (Å²) in [4.78, 5) is 2.19. The maximum absolute atomic E-state index is 12.9. The number of fused-ring (bicyclic) bond motifs is 1. The smallest absolute Gasteiger partial charge is 0.395 e. The van der Waals surface area contributed by atoms with Crippen LogP contribution in [0, 0.1) is 0 Å². The van der Waals surface area contributed by atoms with Gasteiger partial charge in [0, 0.05) is 25.7 Å². The molecule has 0 saturated carbocycles. The van der Waals surface area contributed by atoms with Gasteiger partial charge in [-0.25, -0.2) is 0 Å². The summed E-state index contributed by atoms with van der Waals surface area (Å²) in [6, 6.07) is 5.14. The molecule has 0 aromatic heterocycles. The molecule has 0 aliphatic carbocycles. The molecule has 1 fully saturated rings. The van der Waals surface area contributed by atoms with Gasteiger partial charge in [0.15, 0.2) is 11.5 Å². The molecule has 6 heteroatoms. The summed E-state index contributed by atoms with van der Waals surface area (Å²) >= 11 is 0. The number of nitrogens with one attached hydrogen (secondary N) is 1. The molecule has 98 valence electrons. The van der Waals surface area contributed by atoms with Crippen LogP contribution < -0.4 is 14.8 Å². The van der Waals surface area contributed by atoms with Crippen LogP contribution >= 0.6 is 0 Å². The van der Waals surface area contributed by atoms with Crippen LogP contribution in [0.1, 0.15) is 11.6 Å². The van der Waals surface area contributed by atoms with Crippen molar-refractivity contribution in [3.05, 3.63) is 23.8 Å². The van der Waals surface area contributed by atoms with E-state index in [1.165, 1.54) is 6.07 Å². The average molecular weight is 256 g/mol. The van der Waals surface area contributed by atoms with Crippen molar-refractivity contribution in [3.8, 4) is 11.5 Å². The van der Waals surface area contributed by atoms with Gasteiger partial charge in [-0.05, 0) is 24.7 Å². The summed E-state index contributed by atoms with van der Waals surface area (Å²) in [5.74, 6) is 0.201. The molecule has 18 heavy (non-hydrogen) atoms. The highest BCUT2D eigenvalue weighted by atomic mass is 19.3. The first-order chi connectivity index (χ1) is 8.55. The Balaban J connectivity index is 1.87. The third kappa shape index (κ3) is 2.02. The predicted octanol–water partition coefficient (Wildman–Crippen LogP) is 1.58. The van der Waals surface area contributed by atoms with Crippen LogP contribution in [0.15, 0.2) is 18.2 Å². The van der Waals surface area contributed by atoms with Gasteiger partial charge in [0.2, 0.25) is 0 Å². The molecule has 2 aliphatic heterocycles. The predicted molar refractivity (Wildman–Crippen MR) is 60.9 cm³/mol. The molecule has 0 bridgehead atoms. The van der Waals surface area contributed by atoms with Crippen LogP contribution in [0.3, 0.4) is 0 Å².